The summed E-state index contributed by atoms with van der Waals surface area (Å²) in [6.07, 6.45) is 5.33. The Morgan fingerprint density at radius 2 is 2.00 bits per heavy atom. The summed E-state index contributed by atoms with van der Waals surface area (Å²) in [5, 5.41) is 3.79. The maximum atomic E-state index is 4.46. The molecule has 1 aromatic rings. The van der Waals surface area contributed by atoms with E-state index in [0.29, 0.717) is 6.04 Å². The van der Waals surface area contributed by atoms with E-state index in [9.17, 15) is 0 Å². The minimum absolute atomic E-state index is 0.526. The van der Waals surface area contributed by atoms with Crippen molar-refractivity contribution in [1.82, 2.24) is 10.3 Å². The van der Waals surface area contributed by atoms with Crippen LogP contribution in [0.4, 0.5) is 0 Å². The zero-order chi connectivity index (χ0) is 13.8. The van der Waals surface area contributed by atoms with Gasteiger partial charge >= 0.3 is 0 Å². The predicted molar refractivity (Wildman–Crippen MR) is 83.6 cm³/mol. The van der Waals surface area contributed by atoms with Gasteiger partial charge in [-0.2, -0.15) is 0 Å². The topological polar surface area (TPSA) is 24.9 Å². The third-order valence-corrected chi connectivity index (χ3v) is 5.38. The van der Waals surface area contributed by atoms with Crippen LogP contribution >= 0.6 is 11.3 Å². The highest BCUT2D eigenvalue weighted by atomic mass is 32.1. The van der Waals surface area contributed by atoms with Crippen molar-refractivity contribution in [2.24, 2.45) is 17.8 Å². The van der Waals surface area contributed by atoms with E-state index in [0.717, 1.165) is 24.3 Å². The summed E-state index contributed by atoms with van der Waals surface area (Å²) in [5.74, 6) is 2.52. The molecule has 1 N–H and O–H groups in total. The largest absolute Gasteiger partial charge is 0.309 e. The molecule has 0 aliphatic heterocycles. The van der Waals surface area contributed by atoms with E-state index in [1.54, 1.807) is 0 Å². The van der Waals surface area contributed by atoms with Crippen LogP contribution in [-0.2, 0) is 0 Å². The summed E-state index contributed by atoms with van der Waals surface area (Å²) in [5.41, 5.74) is 3.23. The van der Waals surface area contributed by atoms with E-state index in [1.165, 1.54) is 36.3 Å². The Kier molecular flexibility index (Phi) is 5.40. The highest BCUT2D eigenvalue weighted by molar-refractivity contribution is 7.09. The number of rotatable bonds is 5. The molecule has 108 valence electrons. The number of hydrogen-bond donors (Lipinski definition) is 1. The van der Waals surface area contributed by atoms with Gasteiger partial charge in [-0.15, -0.1) is 11.3 Å². The van der Waals surface area contributed by atoms with Crippen molar-refractivity contribution in [3.8, 4) is 0 Å². The lowest BCUT2D eigenvalue weighted by atomic mass is 9.73. The zero-order valence-electron chi connectivity index (χ0n) is 12.8. The van der Waals surface area contributed by atoms with Gasteiger partial charge in [-0.05, 0) is 56.9 Å². The minimum atomic E-state index is 0.526. The van der Waals surface area contributed by atoms with Crippen LogP contribution in [0.2, 0.25) is 0 Å². The Morgan fingerprint density at radius 3 is 2.53 bits per heavy atom. The van der Waals surface area contributed by atoms with Crippen molar-refractivity contribution in [3.05, 3.63) is 16.1 Å². The molecule has 0 bridgehead atoms. The van der Waals surface area contributed by atoms with Crippen molar-refractivity contribution in [2.75, 3.05) is 6.54 Å². The molecule has 3 atom stereocenters. The van der Waals surface area contributed by atoms with Crippen molar-refractivity contribution in [2.45, 2.75) is 59.4 Å². The summed E-state index contributed by atoms with van der Waals surface area (Å²) < 4.78 is 0. The fourth-order valence-electron chi connectivity index (χ4n) is 3.66. The maximum Gasteiger partial charge on any atom is 0.0798 e. The second kappa shape index (κ2) is 6.85. The lowest BCUT2D eigenvalue weighted by Crippen LogP contribution is -2.33. The highest BCUT2D eigenvalue weighted by Gasteiger charge is 2.32. The standard InChI is InChI=1S/C16H28N2S/c1-5-6-17-15(16-13(4)18-10-19-16)14-8-11(2)7-12(3)9-14/h10-12,14-15,17H,5-9H2,1-4H3. The quantitative estimate of drug-likeness (QED) is 0.855. The maximum absolute atomic E-state index is 4.46. The van der Waals surface area contributed by atoms with E-state index in [-0.39, 0.29) is 0 Å². The molecular formula is C16H28N2S. The molecule has 0 amide bonds. The molecule has 1 aromatic heterocycles. The molecule has 19 heavy (non-hydrogen) atoms. The van der Waals surface area contributed by atoms with Gasteiger partial charge in [0.1, 0.15) is 0 Å². The molecule has 1 heterocycles. The lowest BCUT2D eigenvalue weighted by Gasteiger charge is -2.36. The average molecular weight is 280 g/mol. The van der Waals surface area contributed by atoms with E-state index in [1.807, 2.05) is 16.8 Å². The lowest BCUT2D eigenvalue weighted by molar-refractivity contribution is 0.177. The van der Waals surface area contributed by atoms with Gasteiger partial charge in [0.25, 0.3) is 0 Å². The van der Waals surface area contributed by atoms with Crippen LogP contribution in [0.5, 0.6) is 0 Å². The van der Waals surface area contributed by atoms with Gasteiger partial charge in [0, 0.05) is 10.9 Å². The molecule has 2 nitrogen and oxygen atoms in total. The molecule has 3 unspecified atom stereocenters. The fraction of sp³-hybridized carbons (Fsp3) is 0.812. The van der Waals surface area contributed by atoms with E-state index in [4.69, 9.17) is 0 Å². The molecule has 3 heteroatoms. The smallest absolute Gasteiger partial charge is 0.0798 e. The number of hydrogen-bond acceptors (Lipinski definition) is 3. The molecule has 0 aromatic carbocycles. The van der Waals surface area contributed by atoms with Crippen LogP contribution in [-0.4, -0.2) is 11.5 Å². The Morgan fingerprint density at radius 1 is 1.32 bits per heavy atom. The molecule has 1 aliphatic carbocycles. The molecule has 1 aliphatic rings. The molecule has 2 rings (SSSR count). The summed E-state index contributed by atoms with van der Waals surface area (Å²) in [4.78, 5) is 5.93. The molecule has 0 spiro atoms. The molecule has 0 radical (unpaired) electrons. The van der Waals surface area contributed by atoms with E-state index >= 15 is 0 Å². The number of nitrogens with zero attached hydrogens (tertiary/aromatic N) is 1. The van der Waals surface area contributed by atoms with Crippen LogP contribution in [0.15, 0.2) is 5.51 Å². The van der Waals surface area contributed by atoms with Gasteiger partial charge in [-0.1, -0.05) is 20.8 Å². The predicted octanol–water partition coefficient (Wildman–Crippen LogP) is 4.56. The number of aryl methyl sites for hydroxylation is 1. The second-order valence-corrected chi connectivity index (χ2v) is 7.30. The zero-order valence-corrected chi connectivity index (χ0v) is 13.6. The SMILES string of the molecule is CCCNC(c1scnc1C)C1CC(C)CC(C)C1. The summed E-state index contributed by atoms with van der Waals surface area (Å²) >= 11 is 1.83. The first-order valence-corrected chi connectivity index (χ1v) is 8.63. The van der Waals surface area contributed by atoms with Gasteiger partial charge in [-0.3, -0.25) is 0 Å². The Hall–Kier alpha value is -0.410. The van der Waals surface area contributed by atoms with Crippen LogP contribution in [0.3, 0.4) is 0 Å². The Labute approximate surface area is 122 Å². The van der Waals surface area contributed by atoms with Crippen LogP contribution in [0.25, 0.3) is 0 Å². The van der Waals surface area contributed by atoms with Gasteiger partial charge in [-0.25, -0.2) is 4.98 Å². The Balaban J connectivity index is 2.15. The normalized spacial score (nSPS) is 29.4. The van der Waals surface area contributed by atoms with Crippen LogP contribution in [0.1, 0.15) is 63.1 Å². The summed E-state index contributed by atoms with van der Waals surface area (Å²) in [7, 11) is 0. The summed E-state index contributed by atoms with van der Waals surface area (Å²) in [6, 6.07) is 0.526. The van der Waals surface area contributed by atoms with Crippen molar-refractivity contribution < 1.29 is 0 Å². The number of nitrogens with one attached hydrogen (secondary N) is 1. The van der Waals surface area contributed by atoms with E-state index in [2.05, 4.69) is 38.0 Å². The third kappa shape index (κ3) is 3.79. The van der Waals surface area contributed by atoms with Crippen LogP contribution < -0.4 is 5.32 Å². The van der Waals surface area contributed by atoms with Crippen molar-refractivity contribution in [1.29, 1.82) is 0 Å². The van der Waals surface area contributed by atoms with E-state index < -0.39 is 0 Å². The van der Waals surface area contributed by atoms with Gasteiger partial charge in [0.05, 0.1) is 11.2 Å². The first-order valence-electron chi connectivity index (χ1n) is 7.75. The average Bonchev–Trinajstić information content (AvgIpc) is 2.75. The van der Waals surface area contributed by atoms with Gasteiger partial charge < -0.3 is 5.32 Å². The van der Waals surface area contributed by atoms with Crippen LogP contribution in [0, 0.1) is 24.7 Å². The number of thiazole rings is 1. The van der Waals surface area contributed by atoms with Crippen molar-refractivity contribution >= 4 is 11.3 Å². The first kappa shape index (κ1) is 15.0. The monoisotopic (exact) mass is 280 g/mol. The summed E-state index contributed by atoms with van der Waals surface area (Å²) in [6.45, 7) is 10.3. The van der Waals surface area contributed by atoms with Gasteiger partial charge in [0.15, 0.2) is 0 Å². The molecule has 0 saturated heterocycles. The minimum Gasteiger partial charge on any atom is -0.309 e. The van der Waals surface area contributed by atoms with Crippen molar-refractivity contribution in [3.63, 3.8) is 0 Å². The van der Waals surface area contributed by atoms with Gasteiger partial charge in [0.2, 0.25) is 0 Å². The Bertz CT molecular complexity index is 378. The molecule has 1 saturated carbocycles. The second-order valence-electron chi connectivity index (χ2n) is 6.41. The number of aromatic nitrogens is 1. The molecular weight excluding hydrogens is 252 g/mol. The highest BCUT2D eigenvalue weighted by Crippen LogP contribution is 2.41. The first-order chi connectivity index (χ1) is 9.11. The third-order valence-electron chi connectivity index (χ3n) is 4.37. The fourth-order valence-corrected chi connectivity index (χ4v) is 4.63. The molecule has 1 fully saturated rings.